The van der Waals surface area contributed by atoms with Crippen LogP contribution in [0.25, 0.3) is 0 Å². The molecule has 6 atom stereocenters. The number of carbonyl (C=O) groups excluding carboxylic acids is 3. The topological polar surface area (TPSA) is 191 Å². The van der Waals surface area contributed by atoms with Gasteiger partial charge in [0.05, 0.1) is 19.8 Å². The second-order valence-corrected chi connectivity index (χ2v) is 18.5. The summed E-state index contributed by atoms with van der Waals surface area (Å²) in [5.74, 6) is -0.467. The van der Waals surface area contributed by atoms with Gasteiger partial charge in [0, 0.05) is 97.6 Å². The molecule has 0 aromatic carbocycles. The second kappa shape index (κ2) is 34.7. The summed E-state index contributed by atoms with van der Waals surface area (Å²) >= 11 is 0. The van der Waals surface area contributed by atoms with Crippen LogP contribution in [0.2, 0.25) is 0 Å². The van der Waals surface area contributed by atoms with Gasteiger partial charge in [-0.25, -0.2) is 32.9 Å². The van der Waals surface area contributed by atoms with E-state index in [1.54, 1.807) is 7.11 Å². The van der Waals surface area contributed by atoms with E-state index in [1.165, 1.54) is 13.7 Å². The number of methoxy groups -OCH3 is 1. The zero-order valence-corrected chi connectivity index (χ0v) is 42.0. The zero-order valence-electron chi connectivity index (χ0n) is 42.0. The number of amides is 1. The van der Waals surface area contributed by atoms with Gasteiger partial charge in [-0.1, -0.05) is 78.1 Å². The van der Waals surface area contributed by atoms with E-state index >= 15 is 0 Å². The molecule has 0 aliphatic carbocycles. The number of unbranched alkanes of at least 4 members (excludes halogenated alkanes) is 13. The molecule has 0 bridgehead atoms. The van der Waals surface area contributed by atoms with Crippen molar-refractivity contribution >= 4 is 18.0 Å². The fraction of sp³-hybridized carbons (Fsp3) is 0.878. The smallest absolute Gasteiger partial charge is 0.407 e. The monoisotopic (exact) mass is 953 g/mol. The molecule has 67 heavy (non-hydrogen) atoms. The first-order chi connectivity index (χ1) is 32.5. The molecule has 1 amide bonds. The lowest BCUT2D eigenvalue weighted by Crippen LogP contribution is -2.54. The van der Waals surface area contributed by atoms with Gasteiger partial charge in [-0.05, 0) is 65.2 Å². The Balaban J connectivity index is 1.47. The third-order valence-electron chi connectivity index (χ3n) is 12.4. The maximum absolute atomic E-state index is 13.7. The van der Waals surface area contributed by atoms with Crippen LogP contribution in [-0.4, -0.2) is 145 Å². The molecule has 2 fully saturated rings. The number of hydrogen-bond donors (Lipinski definition) is 1. The van der Waals surface area contributed by atoms with Gasteiger partial charge in [-0.15, -0.1) is 0 Å². The van der Waals surface area contributed by atoms with Crippen LogP contribution >= 0.6 is 0 Å². The van der Waals surface area contributed by atoms with Gasteiger partial charge < -0.3 is 33.7 Å². The lowest BCUT2D eigenvalue weighted by atomic mass is 10.1. The lowest BCUT2D eigenvalue weighted by molar-refractivity contribution is -0.152. The predicted molar refractivity (Wildman–Crippen MR) is 258 cm³/mol. The molecule has 2 aliphatic rings. The fourth-order valence-electron chi connectivity index (χ4n) is 7.87. The molecule has 18 heteroatoms. The summed E-state index contributed by atoms with van der Waals surface area (Å²) in [7, 11) is 1.55. The molecule has 0 radical (unpaired) electrons. The van der Waals surface area contributed by atoms with Gasteiger partial charge >= 0.3 is 35.1 Å². The van der Waals surface area contributed by atoms with Crippen LogP contribution < -0.4 is 22.4 Å². The number of hydrogen-bond acceptors (Lipinski definition) is 14. The molecule has 6 unspecified atom stereocenters. The average Bonchev–Trinajstić information content (AvgIpc) is 4.21. The summed E-state index contributed by atoms with van der Waals surface area (Å²) < 4.78 is 36.6. The van der Waals surface area contributed by atoms with Crippen LogP contribution in [0.1, 0.15) is 156 Å². The van der Waals surface area contributed by atoms with Gasteiger partial charge in [-0.2, -0.15) is 0 Å². The first-order valence-corrected chi connectivity index (χ1v) is 25.8. The summed E-state index contributed by atoms with van der Waals surface area (Å²) in [6.45, 7) is 15.6. The van der Waals surface area contributed by atoms with Crippen LogP contribution in [0.3, 0.4) is 0 Å². The SMILES string of the molecule is CCCCOCC(CN1CC1C)OC(=O)CCCCCCCn1c(=O)n(CCCCCCCC(=O)OCCOC)c(=O)n(CCCCCCNC(=O)OC(COCCCC)CN2CC2C)c1=O. The molecule has 18 nitrogen and oxygen atoms in total. The summed E-state index contributed by atoms with van der Waals surface area (Å²) in [6.07, 6.45) is 13.7. The van der Waals surface area contributed by atoms with Crippen molar-refractivity contribution in [3.8, 4) is 0 Å². The Labute approximate surface area is 399 Å². The van der Waals surface area contributed by atoms with Crippen molar-refractivity contribution in [1.82, 2.24) is 28.8 Å². The molecule has 0 saturated carbocycles. The third kappa shape index (κ3) is 25.0. The summed E-state index contributed by atoms with van der Waals surface area (Å²) in [4.78, 5) is 82.8. The quantitative estimate of drug-likeness (QED) is 0.0366. The van der Waals surface area contributed by atoms with Crippen LogP contribution in [-0.2, 0) is 57.6 Å². The minimum absolute atomic E-state index is 0.182. The largest absolute Gasteiger partial charge is 0.463 e. The molecule has 2 saturated heterocycles. The number of esters is 2. The average molecular weight is 953 g/mol. The number of carbonyl (C=O) groups is 3. The van der Waals surface area contributed by atoms with Crippen LogP contribution in [0.5, 0.6) is 0 Å². The second-order valence-electron chi connectivity index (χ2n) is 18.5. The molecule has 1 aromatic heterocycles. The number of aromatic nitrogens is 3. The highest BCUT2D eigenvalue weighted by molar-refractivity contribution is 5.69. The predicted octanol–water partition coefficient (Wildman–Crippen LogP) is 5.65. The van der Waals surface area contributed by atoms with E-state index in [4.69, 9.17) is 28.4 Å². The van der Waals surface area contributed by atoms with Crippen LogP contribution in [0.15, 0.2) is 14.4 Å². The van der Waals surface area contributed by atoms with E-state index < -0.39 is 23.2 Å². The zero-order chi connectivity index (χ0) is 48.7. The standard InChI is InChI=1S/C49H88N6O12/c1-6-8-30-63-38-42(36-51-34-40(51)3)66-45(57)25-19-13-11-16-22-28-54-47(59)53(27-21-15-10-12-18-24-44(56)65-33-32-62-5)48(60)55(49(54)61)29-23-17-14-20-26-50-46(58)67-43(37-52-35-41(52)4)39-64-31-9-7-2/h40-43H,6-39H2,1-5H3,(H,50,58). The molecule has 3 heterocycles. The molecule has 3 rings (SSSR count). The number of alkyl carbamates (subject to hydrolysis) is 1. The van der Waals surface area contributed by atoms with E-state index in [9.17, 15) is 28.8 Å². The fourth-order valence-corrected chi connectivity index (χ4v) is 7.87. The third-order valence-corrected chi connectivity index (χ3v) is 12.4. The highest BCUT2D eigenvalue weighted by Crippen LogP contribution is 2.19. The molecule has 1 N–H and O–H groups in total. The molecule has 386 valence electrons. The Morgan fingerprint density at radius 2 is 0.970 bits per heavy atom. The first-order valence-electron chi connectivity index (χ1n) is 25.8. The Hall–Kier alpha value is -3.58. The van der Waals surface area contributed by atoms with Gasteiger partial charge in [0.15, 0.2) is 0 Å². The van der Waals surface area contributed by atoms with Crippen molar-refractivity contribution in [2.75, 3.05) is 79.5 Å². The van der Waals surface area contributed by atoms with E-state index in [2.05, 4.69) is 42.8 Å². The van der Waals surface area contributed by atoms with Crippen LogP contribution in [0, 0.1) is 0 Å². The van der Waals surface area contributed by atoms with Gasteiger partial charge in [-0.3, -0.25) is 19.4 Å². The Kier molecular flexibility index (Phi) is 29.9. The molecule has 0 spiro atoms. The van der Waals surface area contributed by atoms with E-state index in [1.807, 2.05) is 0 Å². The summed E-state index contributed by atoms with van der Waals surface area (Å²) in [6, 6.07) is 1.01. The lowest BCUT2D eigenvalue weighted by Gasteiger charge is -2.19. The number of nitrogens with zero attached hydrogens (tertiary/aromatic N) is 5. The highest BCUT2D eigenvalue weighted by atomic mass is 16.6. The minimum Gasteiger partial charge on any atom is -0.463 e. The molecular formula is C49H88N6O12. The van der Waals surface area contributed by atoms with Crippen molar-refractivity contribution in [2.24, 2.45) is 0 Å². The van der Waals surface area contributed by atoms with Gasteiger partial charge in [0.1, 0.15) is 18.8 Å². The van der Waals surface area contributed by atoms with Crippen molar-refractivity contribution in [1.29, 1.82) is 0 Å². The molecule has 1 aromatic rings. The number of ether oxygens (including phenoxy) is 6. The van der Waals surface area contributed by atoms with Gasteiger partial charge in [0.2, 0.25) is 0 Å². The molecular weight excluding hydrogens is 865 g/mol. The Bertz CT molecular complexity index is 1620. The number of nitrogens with one attached hydrogen (secondary N) is 1. The van der Waals surface area contributed by atoms with Crippen molar-refractivity contribution in [2.45, 2.75) is 200 Å². The van der Waals surface area contributed by atoms with Crippen molar-refractivity contribution in [3.05, 3.63) is 31.5 Å². The molecule has 2 aliphatic heterocycles. The highest BCUT2D eigenvalue weighted by Gasteiger charge is 2.33. The summed E-state index contributed by atoms with van der Waals surface area (Å²) in [5.41, 5.74) is -1.77. The Morgan fingerprint density at radius 1 is 0.552 bits per heavy atom. The summed E-state index contributed by atoms with van der Waals surface area (Å²) in [5, 5.41) is 2.85. The first kappa shape index (κ1) is 57.7. The van der Waals surface area contributed by atoms with Crippen LogP contribution in [0.4, 0.5) is 4.79 Å². The van der Waals surface area contributed by atoms with Crippen molar-refractivity contribution < 1.29 is 42.8 Å². The van der Waals surface area contributed by atoms with Gasteiger partial charge in [0.25, 0.3) is 0 Å². The van der Waals surface area contributed by atoms with Crippen molar-refractivity contribution in [3.63, 3.8) is 0 Å². The minimum atomic E-state index is -0.593. The van der Waals surface area contributed by atoms with E-state index in [-0.39, 0.29) is 50.4 Å². The number of rotatable bonds is 42. The Morgan fingerprint density at radius 3 is 1.42 bits per heavy atom. The maximum Gasteiger partial charge on any atom is 0.407 e. The van der Waals surface area contributed by atoms with E-state index in [0.717, 1.165) is 90.1 Å². The van der Waals surface area contributed by atoms with E-state index in [0.29, 0.717) is 116 Å². The maximum atomic E-state index is 13.7. The normalized spacial score (nSPS) is 18.3.